The molecule has 4 rings (SSSR count). The maximum atomic E-state index is 12.8. The Hall–Kier alpha value is -3.06. The van der Waals surface area contributed by atoms with Crippen molar-refractivity contribution in [3.8, 4) is 5.75 Å². The third kappa shape index (κ3) is 4.41. The molecule has 2 aliphatic heterocycles. The van der Waals surface area contributed by atoms with Crippen molar-refractivity contribution in [1.29, 1.82) is 0 Å². The van der Waals surface area contributed by atoms with E-state index in [1.807, 2.05) is 49.4 Å². The van der Waals surface area contributed by atoms with Crippen LogP contribution >= 0.6 is 0 Å². The van der Waals surface area contributed by atoms with Gasteiger partial charge in [0, 0.05) is 18.7 Å². The summed E-state index contributed by atoms with van der Waals surface area (Å²) >= 11 is 0. The number of cyclic esters (lactones) is 1. The van der Waals surface area contributed by atoms with E-state index in [9.17, 15) is 9.59 Å². The molecule has 0 aromatic heterocycles. The molecule has 0 spiro atoms. The first kappa shape index (κ1) is 20.2. The second kappa shape index (κ2) is 9.17. The van der Waals surface area contributed by atoms with Crippen molar-refractivity contribution in [3.05, 3.63) is 65.2 Å². The fraction of sp³-hybridized carbons (Fsp3) is 0.391. The third-order valence-corrected chi connectivity index (χ3v) is 5.33. The van der Waals surface area contributed by atoms with Gasteiger partial charge in [-0.2, -0.15) is 0 Å². The van der Waals surface area contributed by atoms with Crippen LogP contribution in [0.5, 0.6) is 5.75 Å². The highest BCUT2D eigenvalue weighted by molar-refractivity contribution is 5.83. The number of carbonyl (C=O) groups excluding carboxylic acids is 2. The molecule has 1 unspecified atom stereocenters. The minimum atomic E-state index is -0.431. The molecule has 2 amide bonds. The molecule has 0 aliphatic carbocycles. The minimum Gasteiger partial charge on any atom is -0.491 e. The molecule has 2 aromatic carbocycles. The summed E-state index contributed by atoms with van der Waals surface area (Å²) in [5.41, 5.74) is 3.03. The molecule has 2 aliphatic rings. The predicted octanol–water partition coefficient (Wildman–Crippen LogP) is 2.99. The first-order chi connectivity index (χ1) is 14.7. The monoisotopic (exact) mass is 410 g/mol. The van der Waals surface area contributed by atoms with E-state index in [-0.39, 0.29) is 18.6 Å². The van der Waals surface area contributed by atoms with Crippen LogP contribution in [0.1, 0.15) is 29.7 Å². The molecular formula is C23H26N2O5. The lowest BCUT2D eigenvalue weighted by Gasteiger charge is -2.23. The summed E-state index contributed by atoms with van der Waals surface area (Å²) in [5.74, 6) is 0.665. The second-order valence-corrected chi connectivity index (χ2v) is 7.31. The van der Waals surface area contributed by atoms with Gasteiger partial charge in [0.2, 0.25) is 5.91 Å². The maximum absolute atomic E-state index is 12.8. The molecule has 0 radical (unpaired) electrons. The van der Waals surface area contributed by atoms with E-state index < -0.39 is 6.09 Å². The normalized spacial score (nSPS) is 17.0. The lowest BCUT2D eigenvalue weighted by atomic mass is 9.98. The molecule has 7 nitrogen and oxygen atoms in total. The summed E-state index contributed by atoms with van der Waals surface area (Å²) in [4.78, 5) is 27.6. The van der Waals surface area contributed by atoms with Crippen LogP contribution in [0.15, 0.2) is 48.5 Å². The van der Waals surface area contributed by atoms with Crippen molar-refractivity contribution >= 4 is 12.0 Å². The Morgan fingerprint density at radius 2 is 1.87 bits per heavy atom. The summed E-state index contributed by atoms with van der Waals surface area (Å²) in [6, 6.07) is 16.1. The SMILES string of the molecule is CCOC(c1ccccc1)c1ccc2c(c1)CN(C(=O)CN1CCOC1=O)CCO2. The lowest BCUT2D eigenvalue weighted by Crippen LogP contribution is -2.41. The van der Waals surface area contributed by atoms with E-state index in [1.54, 1.807) is 4.90 Å². The Kier molecular flexibility index (Phi) is 6.18. The van der Waals surface area contributed by atoms with E-state index in [1.165, 1.54) is 4.90 Å². The van der Waals surface area contributed by atoms with Gasteiger partial charge in [0.25, 0.3) is 0 Å². The average Bonchev–Trinajstić information content (AvgIpc) is 3.04. The highest BCUT2D eigenvalue weighted by Crippen LogP contribution is 2.31. The summed E-state index contributed by atoms with van der Waals surface area (Å²) in [6.07, 6.45) is -0.618. The number of ether oxygens (including phenoxy) is 3. The van der Waals surface area contributed by atoms with Crippen molar-refractivity contribution in [2.24, 2.45) is 0 Å². The van der Waals surface area contributed by atoms with E-state index in [0.29, 0.717) is 39.5 Å². The van der Waals surface area contributed by atoms with Crippen molar-refractivity contribution in [2.45, 2.75) is 19.6 Å². The zero-order valence-corrected chi connectivity index (χ0v) is 17.1. The van der Waals surface area contributed by atoms with Gasteiger partial charge in [-0.25, -0.2) is 4.79 Å². The Morgan fingerprint density at radius 3 is 2.60 bits per heavy atom. The van der Waals surface area contributed by atoms with Crippen molar-refractivity contribution in [2.75, 3.05) is 39.5 Å². The third-order valence-electron chi connectivity index (χ3n) is 5.33. The summed E-state index contributed by atoms with van der Waals surface area (Å²) in [6.45, 7) is 4.69. The number of fused-ring (bicyclic) bond motifs is 1. The Balaban J connectivity index is 1.55. The fourth-order valence-electron chi connectivity index (χ4n) is 3.80. The van der Waals surface area contributed by atoms with Crippen LogP contribution in [0.4, 0.5) is 4.79 Å². The van der Waals surface area contributed by atoms with Gasteiger partial charge >= 0.3 is 6.09 Å². The van der Waals surface area contributed by atoms with Crippen LogP contribution in [0.3, 0.4) is 0 Å². The number of hydrogen-bond acceptors (Lipinski definition) is 5. The molecule has 2 heterocycles. The first-order valence-electron chi connectivity index (χ1n) is 10.3. The predicted molar refractivity (Wildman–Crippen MR) is 110 cm³/mol. The smallest absolute Gasteiger partial charge is 0.410 e. The standard InChI is InChI=1S/C23H26N2O5/c1-2-28-22(17-6-4-3-5-7-17)18-8-9-20-19(14-18)15-24(10-12-29-20)21(26)16-25-11-13-30-23(25)27/h3-9,14,22H,2,10-13,15-16H2,1H3. The average molecular weight is 410 g/mol. The van der Waals surface area contributed by atoms with Crippen LogP contribution in [0.2, 0.25) is 0 Å². The maximum Gasteiger partial charge on any atom is 0.410 e. The molecule has 0 bridgehead atoms. The number of carbonyl (C=O) groups is 2. The van der Waals surface area contributed by atoms with Crippen LogP contribution in [-0.4, -0.2) is 61.3 Å². The first-order valence-corrected chi connectivity index (χ1v) is 10.3. The van der Waals surface area contributed by atoms with Gasteiger partial charge in [0.05, 0.1) is 13.1 Å². The van der Waals surface area contributed by atoms with E-state index in [2.05, 4.69) is 6.07 Å². The van der Waals surface area contributed by atoms with Crippen LogP contribution < -0.4 is 4.74 Å². The second-order valence-electron chi connectivity index (χ2n) is 7.31. The number of amides is 2. The molecule has 1 fully saturated rings. The number of nitrogens with zero attached hydrogens (tertiary/aromatic N) is 2. The van der Waals surface area contributed by atoms with Gasteiger partial charge in [-0.15, -0.1) is 0 Å². The molecule has 158 valence electrons. The van der Waals surface area contributed by atoms with Crippen LogP contribution in [-0.2, 0) is 20.8 Å². The van der Waals surface area contributed by atoms with Gasteiger partial charge in [0.1, 0.15) is 31.6 Å². The summed E-state index contributed by atoms with van der Waals surface area (Å²) < 4.78 is 16.8. The molecular weight excluding hydrogens is 384 g/mol. The molecule has 1 saturated heterocycles. The summed E-state index contributed by atoms with van der Waals surface area (Å²) in [7, 11) is 0. The number of benzene rings is 2. The van der Waals surface area contributed by atoms with E-state index in [0.717, 1.165) is 22.4 Å². The highest BCUT2D eigenvalue weighted by atomic mass is 16.6. The van der Waals surface area contributed by atoms with Gasteiger partial charge in [0.15, 0.2) is 0 Å². The Morgan fingerprint density at radius 1 is 1.07 bits per heavy atom. The van der Waals surface area contributed by atoms with Gasteiger partial charge in [-0.1, -0.05) is 36.4 Å². The molecule has 0 N–H and O–H groups in total. The number of hydrogen-bond donors (Lipinski definition) is 0. The van der Waals surface area contributed by atoms with Gasteiger partial charge in [-0.3, -0.25) is 9.69 Å². The van der Waals surface area contributed by atoms with Crippen LogP contribution in [0.25, 0.3) is 0 Å². The highest BCUT2D eigenvalue weighted by Gasteiger charge is 2.28. The molecule has 7 heteroatoms. The van der Waals surface area contributed by atoms with E-state index >= 15 is 0 Å². The Bertz CT molecular complexity index is 902. The minimum absolute atomic E-state index is 0.0272. The molecule has 1 atom stereocenters. The zero-order valence-electron chi connectivity index (χ0n) is 17.1. The Labute approximate surface area is 176 Å². The zero-order chi connectivity index (χ0) is 20.9. The van der Waals surface area contributed by atoms with Gasteiger partial charge in [-0.05, 0) is 30.2 Å². The largest absolute Gasteiger partial charge is 0.491 e. The quantitative estimate of drug-likeness (QED) is 0.732. The topological polar surface area (TPSA) is 68.3 Å². The number of rotatable bonds is 6. The summed E-state index contributed by atoms with van der Waals surface area (Å²) in [5, 5.41) is 0. The molecule has 2 aromatic rings. The van der Waals surface area contributed by atoms with Crippen molar-refractivity contribution < 1.29 is 23.8 Å². The van der Waals surface area contributed by atoms with Crippen molar-refractivity contribution in [1.82, 2.24) is 9.80 Å². The molecule has 30 heavy (non-hydrogen) atoms. The van der Waals surface area contributed by atoms with E-state index in [4.69, 9.17) is 14.2 Å². The molecule has 0 saturated carbocycles. The van der Waals surface area contributed by atoms with Gasteiger partial charge < -0.3 is 19.1 Å². The lowest BCUT2D eigenvalue weighted by molar-refractivity contribution is -0.132. The fourth-order valence-corrected chi connectivity index (χ4v) is 3.80. The van der Waals surface area contributed by atoms with Crippen molar-refractivity contribution in [3.63, 3.8) is 0 Å². The van der Waals surface area contributed by atoms with Crippen LogP contribution in [0, 0.1) is 0 Å².